The average Bonchev–Trinajstić information content (AvgIpc) is 3.01. The van der Waals surface area contributed by atoms with Crippen LogP contribution in [0.4, 0.5) is 5.69 Å². The maximum atomic E-state index is 12.0. The summed E-state index contributed by atoms with van der Waals surface area (Å²) < 4.78 is 0. The van der Waals surface area contributed by atoms with Crippen molar-refractivity contribution in [1.82, 2.24) is 10.6 Å². The first-order chi connectivity index (χ1) is 11.0. The molecule has 0 bridgehead atoms. The fraction of sp³-hybridized carbons (Fsp3) is 0.438. The van der Waals surface area contributed by atoms with E-state index in [-0.39, 0.29) is 18.4 Å². The molecule has 6 nitrogen and oxygen atoms in total. The van der Waals surface area contributed by atoms with Crippen molar-refractivity contribution in [3.05, 3.63) is 28.8 Å². The first-order valence-corrected chi connectivity index (χ1v) is 7.85. The van der Waals surface area contributed by atoms with Crippen LogP contribution in [-0.2, 0) is 4.79 Å². The fourth-order valence-corrected chi connectivity index (χ4v) is 2.95. The highest BCUT2D eigenvalue weighted by atomic mass is 35.5. The summed E-state index contributed by atoms with van der Waals surface area (Å²) >= 11 is 6.06. The molecule has 2 rings (SSSR count). The van der Waals surface area contributed by atoms with E-state index >= 15 is 0 Å². The molecule has 1 fully saturated rings. The van der Waals surface area contributed by atoms with Crippen molar-refractivity contribution in [2.45, 2.75) is 31.2 Å². The molecule has 7 heteroatoms. The van der Waals surface area contributed by atoms with Crippen LogP contribution >= 0.6 is 11.6 Å². The Morgan fingerprint density at radius 2 is 2.04 bits per heavy atom. The summed E-state index contributed by atoms with van der Waals surface area (Å²) in [6.45, 7) is 0.0408. The monoisotopic (exact) mass is 334 g/mol. The second-order valence-corrected chi connectivity index (χ2v) is 5.98. The third kappa shape index (κ3) is 4.14. The van der Waals surface area contributed by atoms with Gasteiger partial charge in [-0.05, 0) is 43.9 Å². The topological polar surface area (TPSA) is 94.0 Å². The molecule has 1 aliphatic carbocycles. The maximum absolute atomic E-state index is 12.0. The second-order valence-electron chi connectivity index (χ2n) is 5.58. The molecule has 23 heavy (non-hydrogen) atoms. The molecule has 0 radical (unpaired) electrons. The molecule has 1 aromatic carbocycles. The lowest BCUT2D eigenvalue weighted by Gasteiger charge is -2.22. The van der Waals surface area contributed by atoms with Gasteiger partial charge in [-0.3, -0.25) is 9.59 Å². The Labute approximate surface area is 140 Å². The number of nitrogens with one attached hydrogen (secondary N) is 3. The van der Waals surface area contributed by atoms with Crippen molar-refractivity contribution in [2.75, 3.05) is 18.9 Å². The SMILES string of the molecule is CNC(=O)c1ccc(NCC(=O)NC2(C#N)CCCC2)cc1Cl. The van der Waals surface area contributed by atoms with Crippen molar-refractivity contribution in [3.8, 4) is 6.07 Å². The van der Waals surface area contributed by atoms with E-state index in [9.17, 15) is 14.9 Å². The van der Waals surface area contributed by atoms with Crippen LogP contribution in [0.1, 0.15) is 36.0 Å². The molecule has 1 aliphatic rings. The zero-order valence-electron chi connectivity index (χ0n) is 12.9. The van der Waals surface area contributed by atoms with Crippen LogP contribution in [0, 0.1) is 11.3 Å². The van der Waals surface area contributed by atoms with E-state index < -0.39 is 5.54 Å². The number of hydrogen-bond donors (Lipinski definition) is 3. The molecule has 1 aromatic rings. The van der Waals surface area contributed by atoms with Crippen LogP contribution < -0.4 is 16.0 Å². The number of carbonyl (C=O) groups is 2. The molecule has 0 aliphatic heterocycles. The standard InChI is InChI=1S/C16H19ClN4O2/c1-19-15(23)12-5-4-11(8-13(12)17)20-9-14(22)21-16(10-18)6-2-3-7-16/h4-5,8,20H,2-3,6-7,9H2,1H3,(H,19,23)(H,21,22). The molecule has 2 amide bonds. The second kappa shape index (κ2) is 7.34. The van der Waals surface area contributed by atoms with Crippen molar-refractivity contribution < 1.29 is 9.59 Å². The van der Waals surface area contributed by atoms with Crippen LogP contribution in [0.15, 0.2) is 18.2 Å². The van der Waals surface area contributed by atoms with Crippen molar-refractivity contribution in [1.29, 1.82) is 5.26 Å². The largest absolute Gasteiger partial charge is 0.376 e. The Morgan fingerprint density at radius 3 is 2.61 bits per heavy atom. The van der Waals surface area contributed by atoms with E-state index in [0.29, 0.717) is 29.1 Å². The van der Waals surface area contributed by atoms with Gasteiger partial charge in [0.1, 0.15) is 5.54 Å². The molecule has 122 valence electrons. The van der Waals surface area contributed by atoms with Crippen molar-refractivity contribution in [3.63, 3.8) is 0 Å². The molecule has 0 spiro atoms. The Bertz CT molecular complexity index is 648. The van der Waals surface area contributed by atoms with Crippen LogP contribution in [-0.4, -0.2) is 30.9 Å². The number of hydrogen-bond acceptors (Lipinski definition) is 4. The first-order valence-electron chi connectivity index (χ1n) is 7.47. The van der Waals surface area contributed by atoms with Gasteiger partial charge >= 0.3 is 0 Å². The van der Waals surface area contributed by atoms with Gasteiger partial charge in [0.05, 0.1) is 23.2 Å². The number of benzene rings is 1. The van der Waals surface area contributed by atoms with E-state index in [0.717, 1.165) is 12.8 Å². The summed E-state index contributed by atoms with van der Waals surface area (Å²) in [7, 11) is 1.53. The van der Waals surface area contributed by atoms with Gasteiger partial charge in [-0.15, -0.1) is 0 Å². The van der Waals surface area contributed by atoms with Gasteiger partial charge in [0.2, 0.25) is 5.91 Å². The summed E-state index contributed by atoms with van der Waals surface area (Å²) in [6, 6.07) is 7.08. The van der Waals surface area contributed by atoms with E-state index in [4.69, 9.17) is 11.6 Å². The van der Waals surface area contributed by atoms with Crippen molar-refractivity contribution in [2.24, 2.45) is 0 Å². The molecule has 0 unspecified atom stereocenters. The minimum Gasteiger partial charge on any atom is -0.376 e. The minimum atomic E-state index is -0.723. The van der Waals surface area contributed by atoms with Crippen LogP contribution in [0.2, 0.25) is 5.02 Å². The highest BCUT2D eigenvalue weighted by molar-refractivity contribution is 6.34. The minimum absolute atomic E-state index is 0.0408. The molecule has 3 N–H and O–H groups in total. The predicted molar refractivity (Wildman–Crippen MR) is 88.3 cm³/mol. The number of rotatable bonds is 5. The zero-order chi connectivity index (χ0) is 16.9. The van der Waals surface area contributed by atoms with E-state index in [1.165, 1.54) is 7.05 Å². The van der Waals surface area contributed by atoms with Gasteiger partial charge in [-0.25, -0.2) is 0 Å². The fourth-order valence-electron chi connectivity index (χ4n) is 2.68. The zero-order valence-corrected chi connectivity index (χ0v) is 13.7. The number of anilines is 1. The van der Waals surface area contributed by atoms with Gasteiger partial charge in [-0.2, -0.15) is 5.26 Å². The van der Waals surface area contributed by atoms with Crippen LogP contribution in [0.3, 0.4) is 0 Å². The summed E-state index contributed by atoms with van der Waals surface area (Å²) in [5, 5.41) is 17.8. The quantitative estimate of drug-likeness (QED) is 0.768. The lowest BCUT2D eigenvalue weighted by molar-refractivity contribution is -0.120. The number of nitriles is 1. The first kappa shape index (κ1) is 17.1. The third-order valence-corrected chi connectivity index (χ3v) is 4.26. The molecule has 0 heterocycles. The predicted octanol–water partition coefficient (Wildman–Crippen LogP) is 2.06. The van der Waals surface area contributed by atoms with Crippen LogP contribution in [0.5, 0.6) is 0 Å². The number of halogens is 1. The molecule has 0 saturated heterocycles. The Kier molecular flexibility index (Phi) is 5.45. The Balaban J connectivity index is 1.93. The summed E-state index contributed by atoms with van der Waals surface area (Å²) in [6.07, 6.45) is 3.31. The lowest BCUT2D eigenvalue weighted by atomic mass is 10.00. The van der Waals surface area contributed by atoms with Gasteiger partial charge in [0, 0.05) is 12.7 Å². The van der Waals surface area contributed by atoms with Gasteiger partial charge in [0.15, 0.2) is 0 Å². The summed E-state index contributed by atoms with van der Waals surface area (Å²) in [5.41, 5.74) is 0.285. The van der Waals surface area contributed by atoms with E-state index in [1.54, 1.807) is 18.2 Å². The lowest BCUT2D eigenvalue weighted by Crippen LogP contribution is -2.47. The molecular formula is C16H19ClN4O2. The summed E-state index contributed by atoms with van der Waals surface area (Å²) in [4.78, 5) is 23.6. The highest BCUT2D eigenvalue weighted by Crippen LogP contribution is 2.28. The molecular weight excluding hydrogens is 316 g/mol. The van der Waals surface area contributed by atoms with Crippen LogP contribution in [0.25, 0.3) is 0 Å². The smallest absolute Gasteiger partial charge is 0.252 e. The van der Waals surface area contributed by atoms with E-state index in [2.05, 4.69) is 22.0 Å². The number of carbonyl (C=O) groups excluding carboxylic acids is 2. The Hall–Kier alpha value is -2.26. The average molecular weight is 335 g/mol. The molecule has 1 saturated carbocycles. The van der Waals surface area contributed by atoms with Gasteiger partial charge < -0.3 is 16.0 Å². The summed E-state index contributed by atoms with van der Waals surface area (Å²) in [5.74, 6) is -0.503. The normalized spacial score (nSPS) is 15.5. The van der Waals surface area contributed by atoms with Gasteiger partial charge in [0.25, 0.3) is 5.91 Å². The third-order valence-electron chi connectivity index (χ3n) is 3.94. The molecule has 0 atom stereocenters. The van der Waals surface area contributed by atoms with Crippen molar-refractivity contribution >= 4 is 29.1 Å². The Morgan fingerprint density at radius 1 is 1.35 bits per heavy atom. The molecule has 0 aromatic heterocycles. The highest BCUT2D eigenvalue weighted by Gasteiger charge is 2.35. The number of nitrogens with zero attached hydrogens (tertiary/aromatic N) is 1. The van der Waals surface area contributed by atoms with E-state index in [1.807, 2.05) is 0 Å². The number of amides is 2. The maximum Gasteiger partial charge on any atom is 0.252 e. The van der Waals surface area contributed by atoms with Gasteiger partial charge in [-0.1, -0.05) is 11.6 Å².